The maximum absolute atomic E-state index is 12.6. The van der Waals surface area contributed by atoms with E-state index in [0.29, 0.717) is 55.5 Å². The van der Waals surface area contributed by atoms with Gasteiger partial charge in [0.25, 0.3) is 5.91 Å². The van der Waals surface area contributed by atoms with Crippen LogP contribution in [-0.2, 0) is 9.47 Å². The quantitative estimate of drug-likeness (QED) is 0.521. The van der Waals surface area contributed by atoms with Gasteiger partial charge in [-0.1, -0.05) is 6.07 Å². The molecule has 0 radical (unpaired) electrons. The molecule has 31 heavy (non-hydrogen) atoms. The minimum Gasteiger partial charge on any atom is -0.494 e. The van der Waals surface area contributed by atoms with Gasteiger partial charge in [-0.25, -0.2) is 4.79 Å². The highest BCUT2D eigenvalue weighted by atomic mass is 32.1. The molecule has 1 heterocycles. The Labute approximate surface area is 186 Å². The number of amides is 1. The zero-order valence-electron chi connectivity index (χ0n) is 17.5. The molecule has 0 aromatic heterocycles. The number of thiocarbonyl (C=S) groups is 1. The summed E-state index contributed by atoms with van der Waals surface area (Å²) >= 11 is 5.36. The number of ether oxygens (including phenoxy) is 3. The molecule has 2 N–H and O–H groups in total. The van der Waals surface area contributed by atoms with Crippen LogP contribution in [0.15, 0.2) is 42.5 Å². The predicted molar refractivity (Wildman–Crippen MR) is 122 cm³/mol. The van der Waals surface area contributed by atoms with Gasteiger partial charge < -0.3 is 24.4 Å². The molecule has 9 heteroatoms. The number of carbonyl (C=O) groups is 2. The van der Waals surface area contributed by atoms with Crippen LogP contribution < -0.4 is 20.3 Å². The molecular weight excluding hydrogens is 418 g/mol. The van der Waals surface area contributed by atoms with E-state index in [2.05, 4.69) is 15.5 Å². The molecular formula is C22H25N3O5S. The molecule has 0 unspecified atom stereocenters. The molecule has 164 valence electrons. The summed E-state index contributed by atoms with van der Waals surface area (Å²) in [7, 11) is 1.33. The van der Waals surface area contributed by atoms with Gasteiger partial charge >= 0.3 is 5.97 Å². The Morgan fingerprint density at radius 1 is 1.13 bits per heavy atom. The summed E-state index contributed by atoms with van der Waals surface area (Å²) in [6, 6.07) is 12.0. The first-order valence-electron chi connectivity index (χ1n) is 9.92. The summed E-state index contributed by atoms with van der Waals surface area (Å²) in [5.74, 6) is -0.218. The third-order valence-electron chi connectivity index (χ3n) is 4.65. The summed E-state index contributed by atoms with van der Waals surface area (Å²) in [6.45, 7) is 5.00. The Kier molecular flexibility index (Phi) is 7.80. The highest BCUT2D eigenvalue weighted by Crippen LogP contribution is 2.28. The first-order valence-corrected chi connectivity index (χ1v) is 10.3. The van der Waals surface area contributed by atoms with E-state index >= 15 is 0 Å². The van der Waals surface area contributed by atoms with E-state index in [4.69, 9.17) is 26.4 Å². The van der Waals surface area contributed by atoms with Crippen LogP contribution in [0.2, 0.25) is 0 Å². The Hall–Kier alpha value is -3.17. The van der Waals surface area contributed by atoms with Crippen molar-refractivity contribution in [2.45, 2.75) is 6.92 Å². The Morgan fingerprint density at radius 2 is 1.90 bits per heavy atom. The van der Waals surface area contributed by atoms with Crippen LogP contribution >= 0.6 is 12.2 Å². The maximum Gasteiger partial charge on any atom is 0.337 e. The second-order valence-electron chi connectivity index (χ2n) is 6.69. The Balaban J connectivity index is 1.77. The topological polar surface area (TPSA) is 89.1 Å². The maximum atomic E-state index is 12.6. The van der Waals surface area contributed by atoms with Crippen LogP contribution in [0.4, 0.5) is 11.4 Å². The molecule has 0 aliphatic carbocycles. The van der Waals surface area contributed by atoms with Crippen molar-refractivity contribution in [1.29, 1.82) is 0 Å². The molecule has 0 atom stereocenters. The number of benzene rings is 2. The van der Waals surface area contributed by atoms with E-state index < -0.39 is 5.97 Å². The van der Waals surface area contributed by atoms with Crippen molar-refractivity contribution in [3.05, 3.63) is 53.6 Å². The summed E-state index contributed by atoms with van der Waals surface area (Å²) in [4.78, 5) is 26.7. The van der Waals surface area contributed by atoms with Gasteiger partial charge in [-0.05, 0) is 55.5 Å². The van der Waals surface area contributed by atoms with E-state index in [9.17, 15) is 9.59 Å². The average Bonchev–Trinajstić information content (AvgIpc) is 2.79. The van der Waals surface area contributed by atoms with Crippen molar-refractivity contribution in [2.75, 3.05) is 50.2 Å². The zero-order chi connectivity index (χ0) is 22.2. The number of methoxy groups -OCH3 is 1. The number of carbonyl (C=O) groups excluding carboxylic acids is 2. The fourth-order valence-electron chi connectivity index (χ4n) is 3.18. The normalized spacial score (nSPS) is 13.3. The van der Waals surface area contributed by atoms with Gasteiger partial charge in [0.15, 0.2) is 5.11 Å². The van der Waals surface area contributed by atoms with Crippen LogP contribution in [0.3, 0.4) is 0 Å². The van der Waals surface area contributed by atoms with Crippen molar-refractivity contribution in [1.82, 2.24) is 5.32 Å². The van der Waals surface area contributed by atoms with E-state index in [1.807, 2.05) is 13.0 Å². The van der Waals surface area contributed by atoms with Crippen molar-refractivity contribution in [3.63, 3.8) is 0 Å². The molecule has 0 saturated carbocycles. The number of nitrogens with zero attached hydrogens (tertiary/aromatic N) is 1. The average molecular weight is 444 g/mol. The summed E-state index contributed by atoms with van der Waals surface area (Å²) in [5, 5.41) is 5.83. The number of rotatable bonds is 6. The van der Waals surface area contributed by atoms with Crippen molar-refractivity contribution < 1.29 is 23.8 Å². The smallest absolute Gasteiger partial charge is 0.337 e. The van der Waals surface area contributed by atoms with Crippen molar-refractivity contribution in [3.8, 4) is 5.75 Å². The first-order chi connectivity index (χ1) is 15.0. The molecule has 0 spiro atoms. The summed E-state index contributed by atoms with van der Waals surface area (Å²) in [5.41, 5.74) is 2.25. The predicted octanol–water partition coefficient (Wildman–Crippen LogP) is 2.84. The minimum atomic E-state index is -0.459. The number of hydrogen-bond acceptors (Lipinski definition) is 7. The van der Waals surface area contributed by atoms with E-state index in [0.717, 1.165) is 5.69 Å². The van der Waals surface area contributed by atoms with Gasteiger partial charge in [-0.3, -0.25) is 10.1 Å². The third-order valence-corrected chi connectivity index (χ3v) is 4.86. The lowest BCUT2D eigenvalue weighted by molar-refractivity contribution is 0.0600. The zero-order valence-corrected chi connectivity index (χ0v) is 18.3. The molecule has 2 aromatic rings. The van der Waals surface area contributed by atoms with E-state index in [1.165, 1.54) is 7.11 Å². The molecule has 1 aliphatic heterocycles. The van der Waals surface area contributed by atoms with E-state index in [-0.39, 0.29) is 11.0 Å². The van der Waals surface area contributed by atoms with Gasteiger partial charge in [-0.2, -0.15) is 0 Å². The monoisotopic (exact) mass is 443 g/mol. The van der Waals surface area contributed by atoms with Gasteiger partial charge in [0.05, 0.1) is 43.9 Å². The number of esters is 1. The molecule has 1 saturated heterocycles. The second kappa shape index (κ2) is 10.7. The number of morpholine rings is 1. The Morgan fingerprint density at radius 3 is 2.61 bits per heavy atom. The van der Waals surface area contributed by atoms with Crippen LogP contribution in [0, 0.1) is 0 Å². The van der Waals surface area contributed by atoms with Gasteiger partial charge in [0, 0.05) is 18.7 Å². The lowest BCUT2D eigenvalue weighted by Crippen LogP contribution is -2.38. The van der Waals surface area contributed by atoms with Gasteiger partial charge in [-0.15, -0.1) is 0 Å². The SMILES string of the molecule is CCOc1cccc(C(=O)NC(=S)Nc2cc(C(=O)OC)ccc2N2CCOCC2)c1. The molecule has 1 aliphatic rings. The summed E-state index contributed by atoms with van der Waals surface area (Å²) in [6.07, 6.45) is 0. The fourth-order valence-corrected chi connectivity index (χ4v) is 3.39. The molecule has 0 bridgehead atoms. The fraction of sp³-hybridized carbons (Fsp3) is 0.318. The van der Waals surface area contributed by atoms with E-state index in [1.54, 1.807) is 36.4 Å². The molecule has 3 rings (SSSR count). The standard InChI is InChI=1S/C22H25N3O5S/c1-3-30-17-6-4-5-15(13-17)20(26)24-22(31)23-18-14-16(21(27)28-2)7-8-19(18)25-9-11-29-12-10-25/h4-8,13-14H,3,9-12H2,1-2H3,(H2,23,24,26,31). The highest BCUT2D eigenvalue weighted by molar-refractivity contribution is 7.80. The molecule has 2 aromatic carbocycles. The third kappa shape index (κ3) is 5.93. The largest absolute Gasteiger partial charge is 0.494 e. The lowest BCUT2D eigenvalue weighted by atomic mass is 10.1. The molecule has 1 fully saturated rings. The summed E-state index contributed by atoms with van der Waals surface area (Å²) < 4.78 is 15.7. The Bertz CT molecular complexity index is 960. The van der Waals surface area contributed by atoms with Crippen LogP contribution in [0.25, 0.3) is 0 Å². The van der Waals surface area contributed by atoms with Gasteiger partial charge in [0.2, 0.25) is 0 Å². The van der Waals surface area contributed by atoms with Crippen molar-refractivity contribution >= 4 is 40.6 Å². The van der Waals surface area contributed by atoms with Crippen molar-refractivity contribution in [2.24, 2.45) is 0 Å². The first kappa shape index (κ1) is 22.5. The lowest BCUT2D eigenvalue weighted by Gasteiger charge is -2.31. The number of nitrogens with one attached hydrogen (secondary N) is 2. The second-order valence-corrected chi connectivity index (χ2v) is 7.10. The number of anilines is 2. The van der Waals surface area contributed by atoms with Crippen LogP contribution in [0.5, 0.6) is 5.75 Å². The van der Waals surface area contributed by atoms with Crippen LogP contribution in [0.1, 0.15) is 27.6 Å². The van der Waals surface area contributed by atoms with Crippen LogP contribution in [-0.4, -0.2) is 57.0 Å². The number of hydrogen-bond donors (Lipinski definition) is 2. The minimum absolute atomic E-state index is 0.114. The molecule has 8 nitrogen and oxygen atoms in total. The van der Waals surface area contributed by atoms with Gasteiger partial charge in [0.1, 0.15) is 5.75 Å². The molecule has 1 amide bonds. The highest BCUT2D eigenvalue weighted by Gasteiger charge is 2.18.